The van der Waals surface area contributed by atoms with E-state index in [9.17, 15) is 9.59 Å². The van der Waals surface area contributed by atoms with Gasteiger partial charge in [-0.3, -0.25) is 4.79 Å². The van der Waals surface area contributed by atoms with Gasteiger partial charge in [0.25, 0.3) is 0 Å². The van der Waals surface area contributed by atoms with Gasteiger partial charge in [0.2, 0.25) is 5.91 Å². The van der Waals surface area contributed by atoms with E-state index in [2.05, 4.69) is 10.1 Å². The number of hydrogen-bond acceptors (Lipinski definition) is 6. The van der Waals surface area contributed by atoms with Gasteiger partial charge in [0.05, 0.1) is 25.2 Å². The maximum Gasteiger partial charge on any atom is 0.350 e. The predicted octanol–water partition coefficient (Wildman–Crippen LogP) is 2.16. The number of carbonyl (C=O) groups excluding carboxylic acids is 2. The van der Waals surface area contributed by atoms with E-state index >= 15 is 0 Å². The van der Waals surface area contributed by atoms with Crippen LogP contribution in [-0.4, -0.2) is 44.2 Å². The van der Waals surface area contributed by atoms with Crippen molar-refractivity contribution in [3.8, 4) is 0 Å². The highest BCUT2D eigenvalue weighted by atomic mass is 32.2. The number of anilines is 1. The summed E-state index contributed by atoms with van der Waals surface area (Å²) in [6, 6.07) is 0. The highest BCUT2D eigenvalue weighted by Gasteiger charge is 2.18. The fourth-order valence-corrected chi connectivity index (χ4v) is 2.93. The molecule has 1 amide bonds. The van der Waals surface area contributed by atoms with Gasteiger partial charge in [0.1, 0.15) is 4.88 Å². The zero-order chi connectivity index (χ0) is 14.3. The third kappa shape index (κ3) is 4.85. The minimum absolute atomic E-state index is 0.132. The molecule has 0 radical (unpaired) electrons. The number of thiophene rings is 1. The second kappa shape index (κ2) is 8.19. The topological polar surface area (TPSA) is 64.6 Å². The van der Waals surface area contributed by atoms with Crippen molar-refractivity contribution in [3.05, 3.63) is 15.8 Å². The van der Waals surface area contributed by atoms with E-state index in [0.717, 1.165) is 11.3 Å². The first kappa shape index (κ1) is 16.0. The minimum atomic E-state index is -0.430. The van der Waals surface area contributed by atoms with E-state index in [1.165, 1.54) is 30.2 Å². The summed E-state index contributed by atoms with van der Waals surface area (Å²) in [5, 5.41) is 4.58. The van der Waals surface area contributed by atoms with Crippen LogP contribution in [0.5, 0.6) is 0 Å². The molecule has 0 saturated heterocycles. The molecule has 0 aromatic carbocycles. The Kier molecular flexibility index (Phi) is 6.90. The molecule has 0 fully saturated rings. The summed E-state index contributed by atoms with van der Waals surface area (Å²) in [5.41, 5.74) is 1.41. The van der Waals surface area contributed by atoms with Crippen molar-refractivity contribution in [2.45, 2.75) is 6.92 Å². The van der Waals surface area contributed by atoms with Crippen molar-refractivity contribution in [1.82, 2.24) is 0 Å². The van der Waals surface area contributed by atoms with E-state index < -0.39 is 5.97 Å². The van der Waals surface area contributed by atoms with Crippen LogP contribution < -0.4 is 5.32 Å². The highest BCUT2D eigenvalue weighted by Crippen LogP contribution is 2.28. The molecule has 1 rings (SSSR count). The molecule has 1 N–H and O–H groups in total. The zero-order valence-corrected chi connectivity index (χ0v) is 12.8. The molecule has 0 aliphatic heterocycles. The molecule has 0 atom stereocenters. The number of esters is 1. The molecule has 0 spiro atoms. The lowest BCUT2D eigenvalue weighted by Gasteiger charge is -2.07. The first-order valence-electron chi connectivity index (χ1n) is 5.63. The van der Waals surface area contributed by atoms with Crippen molar-refractivity contribution in [3.63, 3.8) is 0 Å². The molecule has 5 nitrogen and oxygen atoms in total. The van der Waals surface area contributed by atoms with Crippen LogP contribution in [0.2, 0.25) is 0 Å². The molecule has 1 aromatic heterocycles. The predicted molar refractivity (Wildman–Crippen MR) is 78.2 cm³/mol. The summed E-state index contributed by atoms with van der Waals surface area (Å²) in [5.74, 6) is 0.531. The second-order valence-corrected chi connectivity index (χ2v) is 5.69. The Morgan fingerprint density at radius 2 is 2.16 bits per heavy atom. The molecular weight excluding hydrogens is 286 g/mol. The smallest absolute Gasteiger partial charge is 0.350 e. The van der Waals surface area contributed by atoms with Crippen molar-refractivity contribution in [2.75, 3.05) is 37.6 Å². The lowest BCUT2D eigenvalue weighted by molar-refractivity contribution is -0.113. The average Bonchev–Trinajstić information content (AvgIpc) is 2.75. The Morgan fingerprint density at radius 3 is 2.79 bits per heavy atom. The van der Waals surface area contributed by atoms with Crippen LogP contribution in [0.1, 0.15) is 15.2 Å². The molecule has 1 heterocycles. The first-order chi connectivity index (χ1) is 9.10. The normalized spacial score (nSPS) is 10.3. The summed E-state index contributed by atoms with van der Waals surface area (Å²) in [6.45, 7) is 2.46. The van der Waals surface area contributed by atoms with Gasteiger partial charge in [-0.25, -0.2) is 4.79 Å². The molecule has 7 heteroatoms. The summed E-state index contributed by atoms with van der Waals surface area (Å²) >= 11 is 2.75. The van der Waals surface area contributed by atoms with Crippen LogP contribution in [0.4, 0.5) is 5.69 Å². The van der Waals surface area contributed by atoms with Gasteiger partial charge in [0.15, 0.2) is 0 Å². The Balaban J connectivity index is 2.58. The van der Waals surface area contributed by atoms with Crippen LogP contribution in [0.25, 0.3) is 0 Å². The molecule has 0 aliphatic rings. The number of rotatable bonds is 7. The molecule has 1 aromatic rings. The first-order valence-corrected chi connectivity index (χ1v) is 7.66. The van der Waals surface area contributed by atoms with Gasteiger partial charge in [0, 0.05) is 12.9 Å². The van der Waals surface area contributed by atoms with Crippen molar-refractivity contribution in [2.24, 2.45) is 0 Å². The number of aryl methyl sites for hydroxylation is 1. The number of thioether (sulfide) groups is 1. The Bertz CT molecular complexity index is 445. The van der Waals surface area contributed by atoms with Crippen molar-refractivity contribution < 1.29 is 19.1 Å². The number of hydrogen-bond donors (Lipinski definition) is 1. The Labute approximate surface area is 120 Å². The van der Waals surface area contributed by atoms with E-state index in [1.807, 2.05) is 12.3 Å². The molecule has 0 bridgehead atoms. The molecular formula is C12H17NO4S2. The molecule has 0 unspecified atom stereocenters. The Morgan fingerprint density at radius 1 is 1.42 bits per heavy atom. The fraction of sp³-hybridized carbons (Fsp3) is 0.500. The minimum Gasteiger partial charge on any atom is -0.465 e. The lowest BCUT2D eigenvalue weighted by atomic mass is 10.2. The van der Waals surface area contributed by atoms with Gasteiger partial charge in [-0.05, 0) is 17.9 Å². The van der Waals surface area contributed by atoms with Gasteiger partial charge >= 0.3 is 5.97 Å². The zero-order valence-electron chi connectivity index (χ0n) is 11.1. The van der Waals surface area contributed by atoms with Crippen LogP contribution in [-0.2, 0) is 14.3 Å². The number of carbonyl (C=O) groups is 2. The summed E-state index contributed by atoms with van der Waals surface area (Å²) in [4.78, 5) is 23.7. The van der Waals surface area contributed by atoms with Crippen LogP contribution >= 0.6 is 23.1 Å². The SMILES string of the molecule is COCCSCC(=O)Nc1c(C)csc1C(=O)OC. The largest absolute Gasteiger partial charge is 0.465 e. The fourth-order valence-electron chi connectivity index (χ4n) is 1.33. The second-order valence-electron chi connectivity index (χ2n) is 3.71. The van der Waals surface area contributed by atoms with Gasteiger partial charge in [-0.15, -0.1) is 23.1 Å². The molecule has 106 valence electrons. The van der Waals surface area contributed by atoms with Gasteiger partial charge in [-0.1, -0.05) is 0 Å². The third-order valence-corrected chi connectivity index (χ3v) is 4.27. The summed E-state index contributed by atoms with van der Waals surface area (Å²) < 4.78 is 9.59. The Hall–Kier alpha value is -1.05. The van der Waals surface area contributed by atoms with Crippen molar-refractivity contribution >= 4 is 40.7 Å². The van der Waals surface area contributed by atoms with E-state index in [4.69, 9.17) is 4.74 Å². The summed E-state index contributed by atoms with van der Waals surface area (Å²) in [7, 11) is 2.95. The van der Waals surface area contributed by atoms with E-state index in [-0.39, 0.29) is 5.91 Å². The molecule has 0 saturated carbocycles. The third-order valence-electron chi connectivity index (χ3n) is 2.28. The monoisotopic (exact) mass is 303 g/mol. The van der Waals surface area contributed by atoms with E-state index in [0.29, 0.717) is 22.9 Å². The highest BCUT2D eigenvalue weighted by molar-refractivity contribution is 7.99. The van der Waals surface area contributed by atoms with Crippen LogP contribution in [0.15, 0.2) is 5.38 Å². The molecule has 0 aliphatic carbocycles. The molecule has 19 heavy (non-hydrogen) atoms. The summed E-state index contributed by atoms with van der Waals surface area (Å²) in [6.07, 6.45) is 0. The van der Waals surface area contributed by atoms with Crippen LogP contribution in [0, 0.1) is 6.92 Å². The van der Waals surface area contributed by atoms with Gasteiger partial charge in [-0.2, -0.15) is 0 Å². The quantitative estimate of drug-likeness (QED) is 0.618. The number of amides is 1. The maximum absolute atomic E-state index is 11.8. The number of nitrogens with one attached hydrogen (secondary N) is 1. The van der Waals surface area contributed by atoms with Gasteiger partial charge < -0.3 is 14.8 Å². The lowest BCUT2D eigenvalue weighted by Crippen LogP contribution is -2.17. The number of ether oxygens (including phenoxy) is 2. The average molecular weight is 303 g/mol. The van der Waals surface area contributed by atoms with Crippen LogP contribution in [0.3, 0.4) is 0 Å². The van der Waals surface area contributed by atoms with Crippen molar-refractivity contribution in [1.29, 1.82) is 0 Å². The number of methoxy groups -OCH3 is 2. The maximum atomic E-state index is 11.8. The standard InChI is InChI=1S/C12H17NO4S2/c1-8-6-19-11(12(15)17-3)10(8)13-9(14)7-18-5-4-16-2/h6H,4-5,7H2,1-3H3,(H,13,14). The van der Waals surface area contributed by atoms with E-state index in [1.54, 1.807) is 7.11 Å².